The molecule has 4 heteroatoms. The van der Waals surface area contributed by atoms with Gasteiger partial charge in [0.15, 0.2) is 0 Å². The van der Waals surface area contributed by atoms with E-state index in [2.05, 4.69) is 4.99 Å². The fourth-order valence-electron chi connectivity index (χ4n) is 1.92. The summed E-state index contributed by atoms with van der Waals surface area (Å²) in [4.78, 5) is 15.2. The van der Waals surface area contributed by atoms with Crippen molar-refractivity contribution in [2.45, 2.75) is 58.7 Å². The van der Waals surface area contributed by atoms with E-state index in [9.17, 15) is 9.90 Å². The van der Waals surface area contributed by atoms with Crippen LogP contribution < -0.4 is 0 Å². The second-order valence-corrected chi connectivity index (χ2v) is 5.88. The van der Waals surface area contributed by atoms with Crippen LogP contribution in [0.15, 0.2) is 4.99 Å². The fourth-order valence-corrected chi connectivity index (χ4v) is 1.92. The predicted molar refractivity (Wildman–Crippen MR) is 67.2 cm³/mol. The van der Waals surface area contributed by atoms with Crippen molar-refractivity contribution >= 4 is 12.3 Å². The highest BCUT2D eigenvalue weighted by molar-refractivity contribution is 5.80. The van der Waals surface area contributed by atoms with E-state index in [0.717, 1.165) is 12.8 Å². The van der Waals surface area contributed by atoms with Crippen LogP contribution >= 0.6 is 0 Å². The Bertz CT molecular complexity index is 294. The molecule has 0 heterocycles. The molecule has 1 rings (SSSR count). The van der Waals surface area contributed by atoms with Crippen LogP contribution in [0, 0.1) is 11.8 Å². The number of hydrogen-bond donors (Lipinski definition) is 1. The van der Waals surface area contributed by atoms with Crippen LogP contribution in [0.1, 0.15) is 47.0 Å². The van der Waals surface area contributed by atoms with Crippen molar-refractivity contribution in [3.63, 3.8) is 0 Å². The molecule has 1 fully saturated rings. The van der Waals surface area contributed by atoms with E-state index < -0.39 is 11.7 Å². The number of carbonyl (C=O) groups excluding carboxylic acids is 1. The number of ether oxygens (including phenoxy) is 1. The lowest BCUT2D eigenvalue weighted by Gasteiger charge is -2.28. The number of rotatable bonds is 1. The SMILES string of the molecule is C[C@@H]1CCC(/C=N/C(=O)OC(C)(C)C)CC1O. The molecule has 0 aromatic rings. The first-order valence-corrected chi connectivity index (χ1v) is 6.23. The summed E-state index contributed by atoms with van der Waals surface area (Å²) in [5.74, 6) is 0.537. The molecule has 1 aliphatic rings. The van der Waals surface area contributed by atoms with E-state index in [1.807, 2.05) is 27.7 Å². The first-order chi connectivity index (χ1) is 7.78. The first-order valence-electron chi connectivity index (χ1n) is 6.23. The van der Waals surface area contributed by atoms with Gasteiger partial charge in [-0.3, -0.25) is 0 Å². The topological polar surface area (TPSA) is 58.9 Å². The molecule has 17 heavy (non-hydrogen) atoms. The molecule has 0 aliphatic heterocycles. The Morgan fingerprint density at radius 1 is 1.41 bits per heavy atom. The van der Waals surface area contributed by atoms with Crippen LogP contribution in [-0.4, -0.2) is 29.1 Å². The molecule has 1 saturated carbocycles. The summed E-state index contributed by atoms with van der Waals surface area (Å²) < 4.78 is 5.08. The summed E-state index contributed by atoms with van der Waals surface area (Å²) in [6.45, 7) is 7.48. The zero-order chi connectivity index (χ0) is 13.1. The van der Waals surface area contributed by atoms with Crippen molar-refractivity contribution in [1.82, 2.24) is 0 Å². The van der Waals surface area contributed by atoms with Crippen LogP contribution in [0.2, 0.25) is 0 Å². The Hall–Kier alpha value is -0.900. The number of aliphatic hydroxyl groups excluding tert-OH is 1. The van der Waals surface area contributed by atoms with Crippen LogP contribution in [0.3, 0.4) is 0 Å². The van der Waals surface area contributed by atoms with Crippen molar-refractivity contribution in [2.24, 2.45) is 16.8 Å². The number of aliphatic imine (C=N–C) groups is 1. The molecule has 0 aromatic heterocycles. The predicted octanol–water partition coefficient (Wildman–Crippen LogP) is 2.79. The minimum atomic E-state index is -0.550. The minimum absolute atomic E-state index is 0.189. The molecule has 0 spiro atoms. The average Bonchev–Trinajstić information content (AvgIpc) is 2.17. The van der Waals surface area contributed by atoms with Gasteiger partial charge in [0, 0.05) is 6.21 Å². The molecule has 1 aliphatic carbocycles. The van der Waals surface area contributed by atoms with Gasteiger partial charge in [0.25, 0.3) is 0 Å². The van der Waals surface area contributed by atoms with Gasteiger partial charge in [0.2, 0.25) is 0 Å². The Labute approximate surface area is 103 Å². The molecule has 0 radical (unpaired) electrons. The van der Waals surface area contributed by atoms with Gasteiger partial charge in [-0.05, 0) is 51.9 Å². The van der Waals surface area contributed by atoms with Crippen molar-refractivity contribution in [3.05, 3.63) is 0 Å². The van der Waals surface area contributed by atoms with Crippen LogP contribution in [0.25, 0.3) is 0 Å². The molecule has 2 unspecified atom stereocenters. The van der Waals surface area contributed by atoms with Gasteiger partial charge in [-0.1, -0.05) is 6.92 Å². The Balaban J connectivity index is 2.41. The van der Waals surface area contributed by atoms with Crippen LogP contribution in [0.4, 0.5) is 4.79 Å². The van der Waals surface area contributed by atoms with E-state index in [1.165, 1.54) is 0 Å². The molecular formula is C13H23NO3. The maximum atomic E-state index is 11.4. The lowest BCUT2D eigenvalue weighted by atomic mass is 9.81. The second kappa shape index (κ2) is 5.63. The lowest BCUT2D eigenvalue weighted by molar-refractivity contribution is 0.0592. The van der Waals surface area contributed by atoms with Crippen molar-refractivity contribution in [3.8, 4) is 0 Å². The van der Waals surface area contributed by atoms with Crippen molar-refractivity contribution in [1.29, 1.82) is 0 Å². The molecule has 4 nitrogen and oxygen atoms in total. The number of amides is 1. The third kappa shape index (κ3) is 5.31. The summed E-state index contributed by atoms with van der Waals surface area (Å²) >= 11 is 0. The molecular weight excluding hydrogens is 218 g/mol. The summed E-state index contributed by atoms with van der Waals surface area (Å²) in [6, 6.07) is 0. The molecule has 0 saturated heterocycles. The van der Waals surface area contributed by atoms with Gasteiger partial charge in [-0.15, -0.1) is 0 Å². The minimum Gasteiger partial charge on any atom is -0.442 e. The average molecular weight is 241 g/mol. The van der Waals surface area contributed by atoms with Gasteiger partial charge in [-0.25, -0.2) is 4.79 Å². The van der Waals surface area contributed by atoms with Gasteiger partial charge in [-0.2, -0.15) is 4.99 Å². The second-order valence-electron chi connectivity index (χ2n) is 5.88. The molecule has 0 aromatic carbocycles. The lowest BCUT2D eigenvalue weighted by Crippen LogP contribution is -2.28. The Morgan fingerprint density at radius 2 is 2.06 bits per heavy atom. The van der Waals surface area contributed by atoms with Gasteiger partial charge >= 0.3 is 6.09 Å². The van der Waals surface area contributed by atoms with Gasteiger partial charge in [0.05, 0.1) is 6.10 Å². The van der Waals surface area contributed by atoms with E-state index in [-0.39, 0.29) is 12.0 Å². The number of hydrogen-bond acceptors (Lipinski definition) is 3. The molecule has 3 atom stereocenters. The van der Waals surface area contributed by atoms with Crippen LogP contribution in [-0.2, 0) is 4.74 Å². The van der Waals surface area contributed by atoms with E-state index in [4.69, 9.17) is 4.74 Å². The van der Waals surface area contributed by atoms with Crippen LogP contribution in [0.5, 0.6) is 0 Å². The standard InChI is InChI=1S/C13H23NO3/c1-9-5-6-10(7-11(9)15)8-14-12(16)17-13(2,3)4/h8-11,15H,5-7H2,1-4H3/b14-8+/t9-,10?,11?/m1/s1. The largest absolute Gasteiger partial charge is 0.442 e. The smallest absolute Gasteiger partial charge is 0.433 e. The summed E-state index contributed by atoms with van der Waals surface area (Å²) in [6.07, 6.45) is 3.44. The summed E-state index contributed by atoms with van der Waals surface area (Å²) in [5.41, 5.74) is -0.505. The maximum Gasteiger partial charge on any atom is 0.433 e. The van der Waals surface area contributed by atoms with Gasteiger partial charge < -0.3 is 9.84 Å². The molecule has 0 bridgehead atoms. The number of aliphatic hydroxyl groups is 1. The fraction of sp³-hybridized carbons (Fsp3) is 0.846. The zero-order valence-corrected chi connectivity index (χ0v) is 11.1. The molecule has 1 amide bonds. The monoisotopic (exact) mass is 241 g/mol. The van der Waals surface area contributed by atoms with Crippen molar-refractivity contribution in [2.75, 3.05) is 0 Å². The normalized spacial score (nSPS) is 30.5. The van der Waals surface area contributed by atoms with Gasteiger partial charge in [0.1, 0.15) is 5.60 Å². The zero-order valence-electron chi connectivity index (χ0n) is 11.1. The molecule has 1 N–H and O–H groups in total. The third-order valence-corrected chi connectivity index (χ3v) is 2.98. The highest BCUT2D eigenvalue weighted by atomic mass is 16.6. The number of nitrogens with zero attached hydrogens (tertiary/aromatic N) is 1. The van der Waals surface area contributed by atoms with E-state index in [1.54, 1.807) is 6.21 Å². The first kappa shape index (κ1) is 14.2. The maximum absolute atomic E-state index is 11.4. The van der Waals surface area contributed by atoms with E-state index >= 15 is 0 Å². The quantitative estimate of drug-likeness (QED) is 0.718. The van der Waals surface area contributed by atoms with E-state index in [0.29, 0.717) is 12.3 Å². The molecule has 98 valence electrons. The summed E-state index contributed by atoms with van der Waals surface area (Å²) in [7, 11) is 0. The van der Waals surface area contributed by atoms with Crippen molar-refractivity contribution < 1.29 is 14.6 Å². The highest BCUT2D eigenvalue weighted by Gasteiger charge is 2.25. The Morgan fingerprint density at radius 3 is 2.59 bits per heavy atom. The summed E-state index contributed by atoms with van der Waals surface area (Å²) in [5, 5.41) is 9.72. The Kier molecular flexibility index (Phi) is 4.69. The highest BCUT2D eigenvalue weighted by Crippen LogP contribution is 2.27. The number of carbonyl (C=O) groups is 1. The third-order valence-electron chi connectivity index (χ3n) is 2.98.